The van der Waals surface area contributed by atoms with E-state index in [0.717, 1.165) is 27.8 Å². The smallest absolute Gasteiger partial charge is 0.256 e. The fourth-order valence-corrected chi connectivity index (χ4v) is 4.86. The van der Waals surface area contributed by atoms with Crippen LogP contribution in [0.15, 0.2) is 24.4 Å². The van der Waals surface area contributed by atoms with E-state index in [1.54, 1.807) is 15.8 Å². The molecule has 8 nitrogen and oxygen atoms in total. The van der Waals surface area contributed by atoms with Gasteiger partial charge in [0.05, 0.1) is 42.7 Å². The number of amides is 1. The number of carbonyl (C=O) groups is 1. The predicted octanol–water partition coefficient (Wildman–Crippen LogP) is 2.53. The largest absolute Gasteiger partial charge is 0.487 e. The van der Waals surface area contributed by atoms with Crippen LogP contribution in [0, 0.1) is 13.8 Å². The molecule has 1 aromatic carbocycles. The Labute approximate surface area is 191 Å². The molecule has 174 valence electrons. The van der Waals surface area contributed by atoms with E-state index in [0.29, 0.717) is 36.5 Å². The number of carbonyl (C=O) groups excluding carboxylic acids is 1. The monoisotopic (exact) mass is 453 g/mol. The SMILES string of the molecule is Cc1c(N2CC[C@@H](Oc3ccc4c(cnn4C)c3)[C@@H](F)C2)nc2c(c1C)C(=O)N(CCO)C2. The number of β-amino-alcohol motifs (C(OH)–C–C–N with tert-alkyl or cyclic N) is 1. The van der Waals surface area contributed by atoms with Crippen LogP contribution in [0.2, 0.25) is 0 Å². The second-order valence-corrected chi connectivity index (χ2v) is 8.85. The van der Waals surface area contributed by atoms with E-state index >= 15 is 4.39 Å². The molecule has 9 heteroatoms. The molecule has 5 rings (SSSR count). The highest BCUT2D eigenvalue weighted by molar-refractivity contribution is 6.00. The van der Waals surface area contributed by atoms with E-state index in [2.05, 4.69) is 5.10 Å². The maximum Gasteiger partial charge on any atom is 0.256 e. The molecule has 0 unspecified atom stereocenters. The van der Waals surface area contributed by atoms with E-state index < -0.39 is 12.3 Å². The van der Waals surface area contributed by atoms with Crippen LogP contribution >= 0.6 is 0 Å². The zero-order valence-electron chi connectivity index (χ0n) is 19.1. The minimum absolute atomic E-state index is 0.0879. The number of nitrogens with zero attached hydrogens (tertiary/aromatic N) is 5. The molecule has 4 heterocycles. The Bertz CT molecular complexity index is 1230. The molecule has 2 aliphatic rings. The zero-order valence-corrected chi connectivity index (χ0v) is 19.1. The number of rotatable bonds is 5. The number of hydrogen-bond donors (Lipinski definition) is 1. The minimum atomic E-state index is -1.18. The Morgan fingerprint density at radius 3 is 2.85 bits per heavy atom. The van der Waals surface area contributed by atoms with Crippen LogP contribution in [0.5, 0.6) is 5.75 Å². The summed E-state index contributed by atoms with van der Waals surface area (Å²) in [7, 11) is 1.88. The highest BCUT2D eigenvalue weighted by Crippen LogP contribution is 2.33. The lowest BCUT2D eigenvalue weighted by molar-refractivity contribution is 0.0744. The highest BCUT2D eigenvalue weighted by atomic mass is 19.1. The van der Waals surface area contributed by atoms with Gasteiger partial charge in [0, 0.05) is 31.9 Å². The summed E-state index contributed by atoms with van der Waals surface area (Å²) in [4.78, 5) is 21.0. The molecular weight excluding hydrogens is 425 g/mol. The van der Waals surface area contributed by atoms with Gasteiger partial charge in [0.2, 0.25) is 0 Å². The second-order valence-electron chi connectivity index (χ2n) is 8.85. The Balaban J connectivity index is 1.32. The van der Waals surface area contributed by atoms with E-state index in [-0.39, 0.29) is 25.6 Å². The van der Waals surface area contributed by atoms with E-state index in [1.807, 2.05) is 44.0 Å². The van der Waals surface area contributed by atoms with Gasteiger partial charge in [0.25, 0.3) is 5.91 Å². The maximum absolute atomic E-state index is 15.2. The van der Waals surface area contributed by atoms with Gasteiger partial charge in [0.15, 0.2) is 6.17 Å². The summed E-state index contributed by atoms with van der Waals surface area (Å²) in [5.41, 5.74) is 4.08. The summed E-state index contributed by atoms with van der Waals surface area (Å²) in [5.74, 6) is 1.27. The van der Waals surface area contributed by atoms with Gasteiger partial charge in [-0.05, 0) is 43.2 Å². The molecule has 3 aromatic rings. The Morgan fingerprint density at radius 2 is 2.09 bits per heavy atom. The Kier molecular flexibility index (Phi) is 5.44. The molecule has 1 amide bonds. The number of piperidine rings is 1. The third-order valence-electron chi connectivity index (χ3n) is 6.80. The standard InChI is InChI=1S/C24H28FN5O3/c1-14-15(2)23(27-19-13-30(8-9-31)24(32)22(14)19)29-7-6-21(18(25)12-29)33-17-4-5-20-16(10-17)11-26-28(20)3/h4-5,10-11,18,21,31H,6-9,12-13H2,1-3H3/t18-,21+/m0/s1. The van der Waals surface area contributed by atoms with Crippen molar-refractivity contribution in [3.63, 3.8) is 0 Å². The van der Waals surface area contributed by atoms with Gasteiger partial charge >= 0.3 is 0 Å². The fraction of sp³-hybridized carbons (Fsp3) is 0.458. The Morgan fingerprint density at radius 1 is 1.27 bits per heavy atom. The number of pyridine rings is 1. The van der Waals surface area contributed by atoms with Gasteiger partial charge in [-0.15, -0.1) is 0 Å². The number of benzene rings is 1. The quantitative estimate of drug-likeness (QED) is 0.639. The Hall–Kier alpha value is -3.20. The second kappa shape index (κ2) is 8.30. The van der Waals surface area contributed by atoms with Crippen molar-refractivity contribution in [2.24, 2.45) is 7.05 Å². The van der Waals surface area contributed by atoms with Crippen molar-refractivity contribution in [1.82, 2.24) is 19.7 Å². The number of aromatic nitrogens is 3. The number of aliphatic hydroxyl groups excluding tert-OH is 1. The molecule has 2 atom stereocenters. The van der Waals surface area contributed by atoms with Gasteiger partial charge in [-0.2, -0.15) is 5.10 Å². The predicted molar refractivity (Wildman–Crippen MR) is 122 cm³/mol. The van der Waals surface area contributed by atoms with Crippen LogP contribution in [-0.4, -0.2) is 69.2 Å². The van der Waals surface area contributed by atoms with Gasteiger partial charge in [0.1, 0.15) is 17.7 Å². The number of halogens is 1. The molecule has 0 spiro atoms. The first-order chi connectivity index (χ1) is 15.9. The first-order valence-corrected chi connectivity index (χ1v) is 11.2. The van der Waals surface area contributed by atoms with Crippen LogP contribution < -0.4 is 9.64 Å². The lowest BCUT2D eigenvalue weighted by atomic mass is 10.0. The number of aryl methyl sites for hydroxylation is 1. The number of alkyl halides is 1. The van der Waals surface area contributed by atoms with Crippen LogP contribution in [-0.2, 0) is 13.6 Å². The van der Waals surface area contributed by atoms with Gasteiger partial charge < -0.3 is 19.6 Å². The molecule has 0 bridgehead atoms. The average molecular weight is 454 g/mol. The van der Waals surface area contributed by atoms with Crippen LogP contribution in [0.4, 0.5) is 10.2 Å². The van der Waals surface area contributed by atoms with Crippen molar-refractivity contribution in [3.05, 3.63) is 46.8 Å². The lowest BCUT2D eigenvalue weighted by Crippen LogP contribution is -2.47. The average Bonchev–Trinajstić information content (AvgIpc) is 3.32. The van der Waals surface area contributed by atoms with Crippen molar-refractivity contribution in [1.29, 1.82) is 0 Å². The molecule has 1 N–H and O–H groups in total. The molecule has 2 aromatic heterocycles. The third-order valence-corrected chi connectivity index (χ3v) is 6.80. The van der Waals surface area contributed by atoms with Crippen molar-refractivity contribution >= 4 is 22.6 Å². The molecule has 0 radical (unpaired) electrons. The molecule has 2 aliphatic heterocycles. The summed E-state index contributed by atoms with van der Waals surface area (Å²) >= 11 is 0. The van der Waals surface area contributed by atoms with Gasteiger partial charge in [-0.3, -0.25) is 9.48 Å². The molecular formula is C24H28FN5O3. The van der Waals surface area contributed by atoms with Gasteiger partial charge in [-0.25, -0.2) is 9.37 Å². The number of aliphatic hydroxyl groups is 1. The fourth-order valence-electron chi connectivity index (χ4n) is 4.86. The van der Waals surface area contributed by atoms with Crippen molar-refractivity contribution < 1.29 is 19.0 Å². The third kappa shape index (κ3) is 3.70. The van der Waals surface area contributed by atoms with E-state index in [1.165, 1.54) is 0 Å². The number of ether oxygens (including phenoxy) is 1. The van der Waals surface area contributed by atoms with E-state index in [9.17, 15) is 9.90 Å². The van der Waals surface area contributed by atoms with Crippen molar-refractivity contribution in [2.75, 3.05) is 31.1 Å². The number of hydrogen-bond acceptors (Lipinski definition) is 6. The summed E-state index contributed by atoms with van der Waals surface area (Å²) in [5, 5.41) is 14.4. The first kappa shape index (κ1) is 21.6. The van der Waals surface area contributed by atoms with Crippen LogP contribution in [0.3, 0.4) is 0 Å². The summed E-state index contributed by atoms with van der Waals surface area (Å²) in [6.07, 6.45) is 0.590. The van der Waals surface area contributed by atoms with Crippen LogP contribution in [0.1, 0.15) is 33.6 Å². The summed E-state index contributed by atoms with van der Waals surface area (Å²) in [6.45, 7) is 5.20. The lowest BCUT2D eigenvalue weighted by Gasteiger charge is -2.36. The van der Waals surface area contributed by atoms with Gasteiger partial charge in [-0.1, -0.05) is 0 Å². The van der Waals surface area contributed by atoms with Crippen molar-refractivity contribution in [3.8, 4) is 5.75 Å². The first-order valence-electron chi connectivity index (χ1n) is 11.2. The molecule has 0 saturated carbocycles. The molecule has 1 saturated heterocycles. The topological polar surface area (TPSA) is 83.7 Å². The number of anilines is 1. The molecule has 0 aliphatic carbocycles. The van der Waals surface area contributed by atoms with E-state index in [4.69, 9.17) is 9.72 Å². The van der Waals surface area contributed by atoms with Crippen molar-refractivity contribution in [2.45, 2.75) is 39.1 Å². The highest BCUT2D eigenvalue weighted by Gasteiger charge is 2.36. The summed E-state index contributed by atoms with van der Waals surface area (Å²) < 4.78 is 23.0. The molecule has 1 fully saturated rings. The normalized spacial score (nSPS) is 20.6. The maximum atomic E-state index is 15.2. The summed E-state index contributed by atoms with van der Waals surface area (Å²) in [6, 6.07) is 5.68. The van der Waals surface area contributed by atoms with Crippen LogP contribution in [0.25, 0.3) is 10.9 Å². The molecule has 33 heavy (non-hydrogen) atoms. The number of fused-ring (bicyclic) bond motifs is 2. The minimum Gasteiger partial charge on any atom is -0.487 e. The zero-order chi connectivity index (χ0) is 23.3.